The SMILES string of the molecule is O=C([O-])CCCOc1ccc2c([O-])c3cc(OCCCC(=O)[O-])ccc3c([O-])c2c1.[K+].[K+].[K+].[K+]. The normalized spacial score (nSPS) is 9.65. The number of carboxylic acid groups (broad SMARTS) is 2. The molecular formula is C22H18K4O8. The smallest absolute Gasteiger partial charge is 0.872 e. The molecule has 0 N–H and O–H groups in total. The van der Waals surface area contributed by atoms with Crippen LogP contribution in [0.2, 0.25) is 0 Å². The predicted molar refractivity (Wildman–Crippen MR) is 99.8 cm³/mol. The van der Waals surface area contributed by atoms with Gasteiger partial charge in [0, 0.05) is 11.9 Å². The van der Waals surface area contributed by atoms with E-state index >= 15 is 0 Å². The number of carbonyl (C=O) groups is 2. The molecule has 0 fully saturated rings. The second-order valence-corrected chi connectivity index (χ2v) is 6.72. The van der Waals surface area contributed by atoms with E-state index in [-0.39, 0.29) is 277 Å². The maximum atomic E-state index is 12.9. The summed E-state index contributed by atoms with van der Waals surface area (Å²) in [7, 11) is 0. The third-order valence-electron chi connectivity index (χ3n) is 4.55. The van der Waals surface area contributed by atoms with Gasteiger partial charge in [-0.2, -0.15) is 0 Å². The second kappa shape index (κ2) is 19.9. The summed E-state index contributed by atoms with van der Waals surface area (Å²) in [5, 5.41) is 47.5. The Morgan fingerprint density at radius 3 is 1.29 bits per heavy atom. The number of ether oxygens (including phenoxy) is 2. The van der Waals surface area contributed by atoms with E-state index in [4.69, 9.17) is 9.47 Å². The average Bonchev–Trinajstić information content (AvgIpc) is 2.72. The Morgan fingerprint density at radius 2 is 0.971 bits per heavy atom. The molecule has 3 rings (SSSR count). The molecule has 0 aliphatic rings. The number of benzene rings is 3. The number of fused-ring (bicyclic) bond motifs is 2. The van der Waals surface area contributed by atoms with Crippen LogP contribution in [0.25, 0.3) is 21.5 Å². The van der Waals surface area contributed by atoms with Gasteiger partial charge in [-0.1, -0.05) is 23.6 Å². The zero-order valence-electron chi connectivity index (χ0n) is 20.0. The summed E-state index contributed by atoms with van der Waals surface area (Å²) in [6.07, 6.45) is 0.266. The van der Waals surface area contributed by atoms with E-state index in [1.165, 1.54) is 24.3 Å². The molecule has 0 saturated heterocycles. The van der Waals surface area contributed by atoms with Crippen LogP contribution >= 0.6 is 0 Å². The summed E-state index contributed by atoms with van der Waals surface area (Å²) < 4.78 is 10.9. The molecule has 12 heteroatoms. The quantitative estimate of drug-likeness (QED) is 0.134. The third-order valence-corrected chi connectivity index (χ3v) is 4.55. The second-order valence-electron chi connectivity index (χ2n) is 6.72. The topological polar surface area (TPSA) is 145 Å². The van der Waals surface area contributed by atoms with Crippen molar-refractivity contribution in [3.8, 4) is 23.0 Å². The van der Waals surface area contributed by atoms with Crippen LogP contribution in [0.3, 0.4) is 0 Å². The van der Waals surface area contributed by atoms with Crippen molar-refractivity contribution in [1.82, 2.24) is 0 Å². The van der Waals surface area contributed by atoms with Crippen molar-refractivity contribution in [1.29, 1.82) is 0 Å². The molecule has 0 radical (unpaired) electrons. The predicted octanol–water partition coefficient (Wildman–Crippen LogP) is -12.0. The van der Waals surface area contributed by atoms with E-state index in [1.54, 1.807) is 12.1 Å². The Morgan fingerprint density at radius 1 is 0.618 bits per heavy atom. The number of carbonyl (C=O) groups excluding carboxylic acids is 2. The standard InChI is InChI=1S/C22H22O8.4K/c23-19(24)3-1-9-29-13-5-7-15-17(11-13)21(27)16-8-6-14(12-18(16)22(15)28)30-10-2-4-20(25)26;;;;/h5-8,11-12,27-28H,1-4,9-10H2,(H,23,24)(H,25,26);;;;/q;4*+1/p-4. The van der Waals surface area contributed by atoms with E-state index in [0.717, 1.165) is 0 Å². The Hall–Kier alpha value is 2.87. The maximum absolute atomic E-state index is 12.9. The van der Waals surface area contributed by atoms with Gasteiger partial charge < -0.3 is 39.5 Å². The summed E-state index contributed by atoms with van der Waals surface area (Å²) in [6.45, 7) is 0.286. The first-order valence-corrected chi connectivity index (χ1v) is 9.39. The van der Waals surface area contributed by atoms with Gasteiger partial charge in [-0.3, -0.25) is 0 Å². The maximum Gasteiger partial charge on any atom is 1.00 e. The molecule has 0 aliphatic heterocycles. The molecule has 0 aromatic heterocycles. The van der Waals surface area contributed by atoms with Crippen molar-refractivity contribution in [2.75, 3.05) is 13.2 Å². The minimum Gasteiger partial charge on any atom is -0.872 e. The fraction of sp³-hybridized carbons (Fsp3) is 0.273. The number of hydrogen-bond acceptors (Lipinski definition) is 8. The molecule has 3 aromatic carbocycles. The summed E-state index contributed by atoms with van der Waals surface area (Å²) in [4.78, 5) is 20.9. The average molecular weight is 567 g/mol. The van der Waals surface area contributed by atoms with Crippen molar-refractivity contribution < 1.29 is 245 Å². The molecule has 0 atom stereocenters. The number of carboxylic acids is 2. The van der Waals surface area contributed by atoms with Crippen molar-refractivity contribution in [2.24, 2.45) is 0 Å². The fourth-order valence-electron chi connectivity index (χ4n) is 3.10. The van der Waals surface area contributed by atoms with Gasteiger partial charge in [-0.25, -0.2) is 0 Å². The molecule has 3 aromatic rings. The summed E-state index contributed by atoms with van der Waals surface area (Å²) in [5.41, 5.74) is 0. The molecule has 0 spiro atoms. The number of aliphatic carboxylic acids is 2. The monoisotopic (exact) mass is 566 g/mol. The fourth-order valence-corrected chi connectivity index (χ4v) is 3.10. The Kier molecular flexibility index (Phi) is 22.8. The van der Waals surface area contributed by atoms with Gasteiger partial charge in [0.2, 0.25) is 0 Å². The van der Waals surface area contributed by atoms with Gasteiger partial charge in [-0.15, -0.1) is 0 Å². The van der Waals surface area contributed by atoms with Crippen LogP contribution < -0.4 is 235 Å². The third kappa shape index (κ3) is 11.5. The minimum absolute atomic E-state index is 0. The van der Waals surface area contributed by atoms with Crippen LogP contribution in [-0.2, 0) is 9.59 Å². The zero-order chi connectivity index (χ0) is 21.7. The molecule has 0 amide bonds. The first-order valence-electron chi connectivity index (χ1n) is 9.39. The summed E-state index contributed by atoms with van der Waals surface area (Å²) in [5.74, 6) is -2.26. The van der Waals surface area contributed by atoms with E-state index in [9.17, 15) is 30.0 Å². The van der Waals surface area contributed by atoms with Gasteiger partial charge in [0.25, 0.3) is 0 Å². The summed E-state index contributed by atoms with van der Waals surface area (Å²) in [6, 6.07) is 9.05. The van der Waals surface area contributed by atoms with Gasteiger partial charge in [0.1, 0.15) is 11.5 Å². The van der Waals surface area contributed by atoms with E-state index in [2.05, 4.69) is 0 Å². The zero-order valence-corrected chi connectivity index (χ0v) is 32.5. The first-order chi connectivity index (χ1) is 14.4. The van der Waals surface area contributed by atoms with E-state index in [1.807, 2.05) is 0 Å². The van der Waals surface area contributed by atoms with Crippen molar-refractivity contribution in [3.05, 3.63) is 36.4 Å². The van der Waals surface area contributed by atoms with Crippen LogP contribution in [0.1, 0.15) is 25.7 Å². The molecule has 0 unspecified atom stereocenters. The Labute approximate surface area is 367 Å². The number of hydrogen-bond donors (Lipinski definition) is 0. The molecule has 0 saturated carbocycles. The molecular weight excluding hydrogens is 549 g/mol. The van der Waals surface area contributed by atoms with Crippen LogP contribution in [0.4, 0.5) is 0 Å². The summed E-state index contributed by atoms with van der Waals surface area (Å²) >= 11 is 0. The van der Waals surface area contributed by atoms with Gasteiger partial charge in [0.05, 0.1) is 13.2 Å². The van der Waals surface area contributed by atoms with Crippen LogP contribution in [0, 0.1) is 0 Å². The van der Waals surface area contributed by atoms with Gasteiger partial charge >= 0.3 is 206 Å². The molecule has 0 aliphatic carbocycles. The molecule has 158 valence electrons. The van der Waals surface area contributed by atoms with Crippen LogP contribution in [-0.4, -0.2) is 25.2 Å². The first kappa shape index (κ1) is 39.0. The van der Waals surface area contributed by atoms with Crippen molar-refractivity contribution in [2.45, 2.75) is 25.7 Å². The van der Waals surface area contributed by atoms with Crippen LogP contribution in [0.5, 0.6) is 23.0 Å². The molecule has 0 heterocycles. The van der Waals surface area contributed by atoms with Crippen LogP contribution in [0.15, 0.2) is 36.4 Å². The molecule has 0 bridgehead atoms. The largest absolute Gasteiger partial charge is 1.00 e. The Balaban J connectivity index is 0. The van der Waals surface area contributed by atoms with E-state index < -0.39 is 11.9 Å². The minimum atomic E-state index is -1.16. The van der Waals surface area contributed by atoms with Crippen molar-refractivity contribution in [3.63, 3.8) is 0 Å². The molecule has 8 nitrogen and oxygen atoms in total. The van der Waals surface area contributed by atoms with E-state index in [0.29, 0.717) is 11.5 Å². The van der Waals surface area contributed by atoms with Gasteiger partial charge in [0.15, 0.2) is 0 Å². The van der Waals surface area contributed by atoms with Gasteiger partial charge in [-0.05, 0) is 71.5 Å². The number of rotatable bonds is 10. The van der Waals surface area contributed by atoms with Crippen molar-refractivity contribution >= 4 is 33.5 Å². The molecule has 34 heavy (non-hydrogen) atoms. The Bertz CT molecular complexity index is 1020.